The molecule has 0 atom stereocenters. The number of nitrogens with one attached hydrogen (secondary N) is 1. The summed E-state index contributed by atoms with van der Waals surface area (Å²) in [5, 5.41) is 2.49. The lowest BCUT2D eigenvalue weighted by Crippen LogP contribution is -2.31. The Kier molecular flexibility index (Phi) is 8.50. The number of benzene rings is 2. The lowest BCUT2D eigenvalue weighted by Gasteiger charge is -2.20. The van der Waals surface area contributed by atoms with Crippen LogP contribution >= 0.6 is 0 Å². The number of anilines is 1. The van der Waals surface area contributed by atoms with Gasteiger partial charge in [-0.05, 0) is 36.8 Å². The van der Waals surface area contributed by atoms with Gasteiger partial charge in [0.1, 0.15) is 0 Å². The Morgan fingerprint density at radius 2 is 1.66 bits per heavy atom. The number of sulfonamides is 1. The highest BCUT2D eigenvalue weighted by atomic mass is 32.2. The number of amides is 1. The van der Waals surface area contributed by atoms with Gasteiger partial charge in [0.05, 0.1) is 28.8 Å². The van der Waals surface area contributed by atoms with Gasteiger partial charge in [0.15, 0.2) is 6.61 Å². The van der Waals surface area contributed by atoms with E-state index >= 15 is 0 Å². The summed E-state index contributed by atoms with van der Waals surface area (Å²) < 4.78 is 36.7. The number of para-hydroxylation sites is 1. The summed E-state index contributed by atoms with van der Waals surface area (Å²) in [6.45, 7) is 5.05. The van der Waals surface area contributed by atoms with Gasteiger partial charge in [-0.15, -0.1) is 0 Å². The molecule has 0 bridgehead atoms. The third-order valence-corrected chi connectivity index (χ3v) is 6.88. The fourth-order valence-electron chi connectivity index (χ4n) is 2.99. The van der Waals surface area contributed by atoms with Crippen LogP contribution in [0, 0.1) is 6.92 Å². The maximum absolute atomic E-state index is 12.8. The van der Waals surface area contributed by atoms with Gasteiger partial charge in [0.2, 0.25) is 10.0 Å². The molecule has 0 aliphatic rings. The van der Waals surface area contributed by atoms with Crippen molar-refractivity contribution in [3.8, 4) is 0 Å². The molecule has 0 spiro atoms. The number of carbonyl (C=O) groups excluding carboxylic acids is 3. The second-order valence-electron chi connectivity index (χ2n) is 6.73. The van der Waals surface area contributed by atoms with Crippen LogP contribution in [0.5, 0.6) is 0 Å². The fraction of sp³-hybridized carbons (Fsp3) is 0.318. The van der Waals surface area contributed by atoms with E-state index in [2.05, 4.69) is 10.1 Å². The van der Waals surface area contributed by atoms with Crippen molar-refractivity contribution >= 4 is 33.6 Å². The molecular weight excluding hydrogens is 436 g/mol. The van der Waals surface area contributed by atoms with Gasteiger partial charge in [-0.25, -0.2) is 18.0 Å². The first-order chi connectivity index (χ1) is 15.1. The van der Waals surface area contributed by atoms with Gasteiger partial charge in [0, 0.05) is 13.1 Å². The molecule has 172 valence electrons. The number of esters is 2. The van der Waals surface area contributed by atoms with E-state index in [4.69, 9.17) is 4.74 Å². The van der Waals surface area contributed by atoms with Crippen LogP contribution in [-0.4, -0.2) is 57.4 Å². The van der Waals surface area contributed by atoms with Gasteiger partial charge >= 0.3 is 11.9 Å². The van der Waals surface area contributed by atoms with Crippen molar-refractivity contribution in [1.29, 1.82) is 0 Å². The van der Waals surface area contributed by atoms with E-state index in [1.165, 1.54) is 41.7 Å². The van der Waals surface area contributed by atoms with E-state index < -0.39 is 34.5 Å². The molecule has 32 heavy (non-hydrogen) atoms. The molecule has 2 aromatic rings. The van der Waals surface area contributed by atoms with E-state index in [0.717, 1.165) is 0 Å². The van der Waals surface area contributed by atoms with Crippen LogP contribution in [-0.2, 0) is 24.3 Å². The quantitative estimate of drug-likeness (QED) is 0.569. The molecule has 9 nitrogen and oxygen atoms in total. The Hall–Kier alpha value is -3.24. The largest absolute Gasteiger partial charge is 0.465 e. The Balaban J connectivity index is 2.13. The summed E-state index contributed by atoms with van der Waals surface area (Å²) in [4.78, 5) is 36.4. The number of ether oxygens (including phenoxy) is 2. The van der Waals surface area contributed by atoms with Gasteiger partial charge in [-0.3, -0.25) is 4.79 Å². The summed E-state index contributed by atoms with van der Waals surface area (Å²) in [6.07, 6.45) is 0. The van der Waals surface area contributed by atoms with Crippen molar-refractivity contribution in [2.75, 3.05) is 32.1 Å². The van der Waals surface area contributed by atoms with Crippen LogP contribution in [0.25, 0.3) is 0 Å². The average Bonchev–Trinajstić information content (AvgIpc) is 2.78. The first kappa shape index (κ1) is 25.0. The van der Waals surface area contributed by atoms with Crippen LogP contribution in [0.15, 0.2) is 47.4 Å². The molecular formula is C22H26N2O7S. The van der Waals surface area contributed by atoms with Crippen molar-refractivity contribution in [2.45, 2.75) is 25.7 Å². The standard InChI is InChI=1S/C22H26N2O7S/c1-5-24(6-2)32(28,29)19-13-16(12-11-15(19)3)21(26)31-14-20(25)23-18-10-8-7-9-17(18)22(27)30-4/h7-13H,5-6,14H2,1-4H3,(H,23,25). The van der Waals surface area contributed by atoms with Crippen LogP contribution in [0.2, 0.25) is 0 Å². The first-order valence-electron chi connectivity index (χ1n) is 9.90. The zero-order valence-corrected chi connectivity index (χ0v) is 19.2. The van der Waals surface area contributed by atoms with E-state index in [-0.39, 0.29) is 21.7 Å². The van der Waals surface area contributed by atoms with Crippen molar-refractivity contribution in [1.82, 2.24) is 4.31 Å². The van der Waals surface area contributed by atoms with E-state index in [1.54, 1.807) is 32.9 Å². The molecule has 0 heterocycles. The molecule has 0 radical (unpaired) electrons. The van der Waals surface area contributed by atoms with Crippen LogP contribution in [0.3, 0.4) is 0 Å². The van der Waals surface area contributed by atoms with Crippen molar-refractivity contribution in [2.24, 2.45) is 0 Å². The monoisotopic (exact) mass is 462 g/mol. The maximum Gasteiger partial charge on any atom is 0.339 e. The smallest absolute Gasteiger partial charge is 0.339 e. The Morgan fingerprint density at radius 1 is 1.00 bits per heavy atom. The molecule has 2 rings (SSSR count). The Morgan fingerprint density at radius 3 is 2.28 bits per heavy atom. The Bertz CT molecular complexity index is 1110. The van der Waals surface area contributed by atoms with Gasteiger partial charge in [0.25, 0.3) is 5.91 Å². The second kappa shape index (κ2) is 10.9. The minimum atomic E-state index is -3.77. The van der Waals surface area contributed by atoms with Crippen molar-refractivity contribution in [3.63, 3.8) is 0 Å². The predicted octanol–water partition coefficient (Wildman–Crippen LogP) is 2.61. The number of carbonyl (C=O) groups is 3. The third-order valence-electron chi connectivity index (χ3n) is 4.69. The zero-order chi connectivity index (χ0) is 23.9. The lowest BCUT2D eigenvalue weighted by atomic mass is 10.1. The molecule has 0 saturated heterocycles. The minimum Gasteiger partial charge on any atom is -0.465 e. The molecule has 1 N–H and O–H groups in total. The molecule has 10 heteroatoms. The predicted molar refractivity (Wildman–Crippen MR) is 118 cm³/mol. The minimum absolute atomic E-state index is 0.00379. The zero-order valence-electron chi connectivity index (χ0n) is 18.4. The number of aryl methyl sites for hydroxylation is 1. The second-order valence-corrected chi connectivity index (χ2v) is 8.64. The highest BCUT2D eigenvalue weighted by molar-refractivity contribution is 7.89. The third kappa shape index (κ3) is 5.71. The molecule has 0 aliphatic carbocycles. The van der Waals surface area contributed by atoms with Crippen LogP contribution in [0.1, 0.15) is 40.1 Å². The summed E-state index contributed by atoms with van der Waals surface area (Å²) >= 11 is 0. The molecule has 2 aromatic carbocycles. The normalized spacial score (nSPS) is 11.2. The first-order valence-corrected chi connectivity index (χ1v) is 11.3. The van der Waals surface area contributed by atoms with E-state index in [0.29, 0.717) is 18.7 Å². The molecule has 0 saturated carbocycles. The summed E-state index contributed by atoms with van der Waals surface area (Å²) in [7, 11) is -2.55. The van der Waals surface area contributed by atoms with Crippen molar-refractivity contribution in [3.05, 3.63) is 59.2 Å². The molecule has 0 fully saturated rings. The van der Waals surface area contributed by atoms with Gasteiger partial charge in [-0.1, -0.05) is 32.0 Å². The summed E-state index contributed by atoms with van der Waals surface area (Å²) in [6, 6.07) is 10.4. The summed E-state index contributed by atoms with van der Waals surface area (Å²) in [5.41, 5.74) is 0.859. The molecule has 0 unspecified atom stereocenters. The van der Waals surface area contributed by atoms with Gasteiger partial charge < -0.3 is 14.8 Å². The van der Waals surface area contributed by atoms with Gasteiger partial charge in [-0.2, -0.15) is 4.31 Å². The average molecular weight is 463 g/mol. The number of nitrogens with zero attached hydrogens (tertiary/aromatic N) is 1. The highest BCUT2D eigenvalue weighted by Crippen LogP contribution is 2.22. The number of hydrogen-bond acceptors (Lipinski definition) is 7. The topological polar surface area (TPSA) is 119 Å². The number of hydrogen-bond donors (Lipinski definition) is 1. The number of rotatable bonds is 9. The van der Waals surface area contributed by atoms with Crippen molar-refractivity contribution < 1.29 is 32.3 Å². The maximum atomic E-state index is 12.8. The number of methoxy groups -OCH3 is 1. The lowest BCUT2D eigenvalue weighted by molar-refractivity contribution is -0.119. The van der Waals surface area contributed by atoms with E-state index in [9.17, 15) is 22.8 Å². The van der Waals surface area contributed by atoms with E-state index in [1.807, 2.05) is 0 Å². The molecule has 0 aliphatic heterocycles. The highest BCUT2D eigenvalue weighted by Gasteiger charge is 2.25. The van der Waals surface area contributed by atoms with Crippen LogP contribution < -0.4 is 5.32 Å². The summed E-state index contributed by atoms with van der Waals surface area (Å²) in [5.74, 6) is -2.14. The Labute approximate surface area is 187 Å². The SMILES string of the molecule is CCN(CC)S(=O)(=O)c1cc(C(=O)OCC(=O)Nc2ccccc2C(=O)OC)ccc1C. The van der Waals surface area contributed by atoms with Crippen LogP contribution in [0.4, 0.5) is 5.69 Å². The molecule has 1 amide bonds. The fourth-order valence-corrected chi connectivity index (χ4v) is 4.70. The molecule has 0 aromatic heterocycles.